The zero-order valence-corrected chi connectivity index (χ0v) is 12.8. The van der Waals surface area contributed by atoms with Gasteiger partial charge in [0.1, 0.15) is 6.04 Å². The summed E-state index contributed by atoms with van der Waals surface area (Å²) in [6, 6.07) is 4.29. The van der Waals surface area contributed by atoms with E-state index in [4.69, 9.17) is 15.2 Å². The summed E-state index contributed by atoms with van der Waals surface area (Å²) >= 11 is 0. The zero-order chi connectivity index (χ0) is 17.0. The summed E-state index contributed by atoms with van der Waals surface area (Å²) in [6.45, 7) is 2.24. The first-order valence-corrected chi connectivity index (χ1v) is 7.45. The first-order chi connectivity index (χ1) is 10.8. The van der Waals surface area contributed by atoms with Gasteiger partial charge in [-0.1, -0.05) is 12.1 Å². The molecule has 0 saturated carbocycles. The second-order valence-corrected chi connectivity index (χ2v) is 5.89. The molecule has 2 N–H and O–H groups in total. The molecule has 0 radical (unpaired) electrons. The van der Waals surface area contributed by atoms with Crippen molar-refractivity contribution in [1.29, 1.82) is 0 Å². The summed E-state index contributed by atoms with van der Waals surface area (Å²) in [5.41, 5.74) is 5.75. The molecule has 0 spiro atoms. The minimum absolute atomic E-state index is 0.0415. The van der Waals surface area contributed by atoms with Gasteiger partial charge < -0.3 is 15.2 Å². The number of hydrogen-bond acceptors (Lipinski definition) is 4. The van der Waals surface area contributed by atoms with E-state index in [1.807, 2.05) is 0 Å². The maximum absolute atomic E-state index is 12.6. The van der Waals surface area contributed by atoms with Crippen molar-refractivity contribution in [3.63, 3.8) is 0 Å². The van der Waals surface area contributed by atoms with Crippen LogP contribution in [0.5, 0.6) is 0 Å². The second kappa shape index (κ2) is 7.31. The minimum atomic E-state index is -4.33. The second-order valence-electron chi connectivity index (χ2n) is 5.89. The predicted octanol–water partition coefficient (Wildman–Crippen LogP) is 2.54. The summed E-state index contributed by atoms with van der Waals surface area (Å²) < 4.78 is 48.4. The van der Waals surface area contributed by atoms with Gasteiger partial charge in [0.2, 0.25) is 0 Å². The molecule has 1 aliphatic rings. The number of carbonyl (C=O) groups excluding carboxylic acids is 1. The number of esters is 1. The van der Waals surface area contributed by atoms with E-state index >= 15 is 0 Å². The Morgan fingerprint density at radius 1 is 1.22 bits per heavy atom. The molecule has 0 aromatic heterocycles. The Balaban J connectivity index is 2.01. The average molecular weight is 331 g/mol. The van der Waals surface area contributed by atoms with Gasteiger partial charge in [0.15, 0.2) is 0 Å². The first kappa shape index (κ1) is 17.7. The van der Waals surface area contributed by atoms with Gasteiger partial charge in [0, 0.05) is 6.61 Å². The fraction of sp³-hybridized carbons (Fsp3) is 0.562. The van der Waals surface area contributed by atoms with E-state index in [1.165, 1.54) is 12.1 Å². The number of benzene rings is 1. The van der Waals surface area contributed by atoms with Crippen LogP contribution in [0.1, 0.15) is 24.5 Å². The molecule has 1 saturated heterocycles. The van der Waals surface area contributed by atoms with E-state index in [1.54, 1.807) is 6.92 Å². The van der Waals surface area contributed by atoms with Crippen LogP contribution >= 0.6 is 0 Å². The van der Waals surface area contributed by atoms with Gasteiger partial charge >= 0.3 is 12.1 Å². The molecule has 1 aliphatic heterocycles. The van der Waals surface area contributed by atoms with E-state index < -0.39 is 23.8 Å². The van der Waals surface area contributed by atoms with Gasteiger partial charge in [-0.2, -0.15) is 13.2 Å². The third-order valence-electron chi connectivity index (χ3n) is 3.74. The highest BCUT2D eigenvalue weighted by molar-refractivity contribution is 5.75. The van der Waals surface area contributed by atoms with Crippen molar-refractivity contribution in [3.05, 3.63) is 35.4 Å². The summed E-state index contributed by atoms with van der Waals surface area (Å²) in [4.78, 5) is 11.6. The monoisotopic (exact) mass is 331 g/mol. The summed E-state index contributed by atoms with van der Waals surface area (Å²) in [6.07, 6.45) is -3.53. The molecule has 1 aromatic rings. The topological polar surface area (TPSA) is 61.5 Å². The number of rotatable bonds is 2. The van der Waals surface area contributed by atoms with Crippen LogP contribution in [0.15, 0.2) is 24.3 Å². The summed E-state index contributed by atoms with van der Waals surface area (Å²) in [5, 5.41) is 0. The van der Waals surface area contributed by atoms with Crippen LogP contribution in [0, 0.1) is 5.92 Å². The van der Waals surface area contributed by atoms with Crippen molar-refractivity contribution in [2.24, 2.45) is 11.7 Å². The Labute approximate surface area is 132 Å². The third-order valence-corrected chi connectivity index (χ3v) is 3.74. The number of carbonyl (C=O) groups is 1. The van der Waals surface area contributed by atoms with Gasteiger partial charge in [-0.15, -0.1) is 0 Å². The maximum Gasteiger partial charge on any atom is 0.416 e. The maximum atomic E-state index is 12.6. The molecule has 2 rings (SSSR count). The lowest BCUT2D eigenvalue weighted by atomic mass is 9.94. The van der Waals surface area contributed by atoms with Gasteiger partial charge in [0.05, 0.1) is 18.3 Å². The fourth-order valence-electron chi connectivity index (χ4n) is 2.61. The lowest BCUT2D eigenvalue weighted by molar-refractivity contribution is -0.150. The van der Waals surface area contributed by atoms with Gasteiger partial charge in [-0.25, -0.2) is 0 Å². The SMILES string of the molecule is CC1CC(Cc2ccc(C(F)(F)F)cc2)COC[C@H](N)C(=O)O1. The first-order valence-electron chi connectivity index (χ1n) is 7.45. The van der Waals surface area contributed by atoms with E-state index in [2.05, 4.69) is 0 Å². The quantitative estimate of drug-likeness (QED) is 0.846. The highest BCUT2D eigenvalue weighted by Gasteiger charge is 2.30. The third kappa shape index (κ3) is 5.21. The fourth-order valence-corrected chi connectivity index (χ4v) is 2.61. The smallest absolute Gasteiger partial charge is 0.416 e. The number of hydrogen-bond donors (Lipinski definition) is 1. The zero-order valence-electron chi connectivity index (χ0n) is 12.8. The minimum Gasteiger partial charge on any atom is -0.461 e. The van der Waals surface area contributed by atoms with Crippen molar-refractivity contribution in [1.82, 2.24) is 0 Å². The molecular formula is C16H20F3NO3. The Morgan fingerprint density at radius 3 is 2.48 bits per heavy atom. The van der Waals surface area contributed by atoms with Crippen molar-refractivity contribution in [2.45, 2.75) is 38.1 Å². The number of nitrogens with two attached hydrogens (primary N) is 1. The highest BCUT2D eigenvalue weighted by Crippen LogP contribution is 2.29. The van der Waals surface area contributed by atoms with Crippen molar-refractivity contribution in [3.8, 4) is 0 Å². The van der Waals surface area contributed by atoms with E-state index in [0.717, 1.165) is 17.7 Å². The normalized spacial score (nSPS) is 26.8. The van der Waals surface area contributed by atoms with E-state index in [-0.39, 0.29) is 18.6 Å². The molecule has 23 heavy (non-hydrogen) atoms. The largest absolute Gasteiger partial charge is 0.461 e. The van der Waals surface area contributed by atoms with Crippen molar-refractivity contribution in [2.75, 3.05) is 13.2 Å². The molecule has 0 aliphatic carbocycles. The molecule has 2 unspecified atom stereocenters. The molecule has 128 valence electrons. The van der Waals surface area contributed by atoms with Gasteiger partial charge in [-0.3, -0.25) is 4.79 Å². The van der Waals surface area contributed by atoms with E-state index in [0.29, 0.717) is 19.4 Å². The molecule has 0 bridgehead atoms. The predicted molar refractivity (Wildman–Crippen MR) is 77.6 cm³/mol. The molecule has 0 amide bonds. The Hall–Kier alpha value is -1.60. The van der Waals surface area contributed by atoms with Gasteiger partial charge in [0.25, 0.3) is 0 Å². The molecular weight excluding hydrogens is 311 g/mol. The molecule has 3 atom stereocenters. The Bertz CT molecular complexity index is 530. The molecule has 7 heteroatoms. The van der Waals surface area contributed by atoms with Crippen molar-refractivity contribution >= 4 is 5.97 Å². The van der Waals surface area contributed by atoms with E-state index in [9.17, 15) is 18.0 Å². The number of halogens is 3. The van der Waals surface area contributed by atoms with Crippen LogP contribution in [-0.2, 0) is 26.9 Å². The molecule has 4 nitrogen and oxygen atoms in total. The van der Waals surface area contributed by atoms with Gasteiger partial charge in [-0.05, 0) is 43.4 Å². The highest BCUT2D eigenvalue weighted by atomic mass is 19.4. The number of ether oxygens (including phenoxy) is 2. The number of alkyl halides is 3. The Kier molecular flexibility index (Phi) is 5.64. The van der Waals surface area contributed by atoms with Crippen LogP contribution in [0.2, 0.25) is 0 Å². The molecule has 1 heterocycles. The lowest BCUT2D eigenvalue weighted by Crippen LogP contribution is -2.37. The van der Waals surface area contributed by atoms with Crippen LogP contribution in [0.25, 0.3) is 0 Å². The summed E-state index contributed by atoms with van der Waals surface area (Å²) in [5.74, 6) is -0.451. The molecule has 1 fully saturated rings. The van der Waals surface area contributed by atoms with Crippen LogP contribution in [0.3, 0.4) is 0 Å². The average Bonchev–Trinajstić information content (AvgIpc) is 2.50. The van der Waals surface area contributed by atoms with Crippen molar-refractivity contribution < 1.29 is 27.4 Å². The Morgan fingerprint density at radius 2 is 1.87 bits per heavy atom. The summed E-state index contributed by atoms with van der Waals surface area (Å²) in [7, 11) is 0. The lowest BCUT2D eigenvalue weighted by Gasteiger charge is -2.19. The molecule has 1 aromatic carbocycles. The standard InChI is InChI=1S/C16H20F3NO3/c1-10-6-12(8-22-9-14(20)15(21)23-10)7-11-2-4-13(5-3-11)16(17,18)19/h2-5,10,12,14H,6-9,20H2,1H3/t10?,12?,14-/m0/s1. The van der Waals surface area contributed by atoms with Crippen LogP contribution in [-0.4, -0.2) is 31.3 Å². The van der Waals surface area contributed by atoms with Crippen LogP contribution < -0.4 is 5.73 Å². The van der Waals surface area contributed by atoms with Crippen LogP contribution in [0.4, 0.5) is 13.2 Å². The number of cyclic esters (lactones) is 1.